The first-order valence-corrected chi connectivity index (χ1v) is 8.97. The summed E-state index contributed by atoms with van der Waals surface area (Å²) in [7, 11) is 0. The lowest BCUT2D eigenvalue weighted by Crippen LogP contribution is -2.51. The first-order valence-electron chi connectivity index (χ1n) is 8.97. The van der Waals surface area contributed by atoms with E-state index < -0.39 is 35.2 Å². The first-order chi connectivity index (χ1) is 11.7. The van der Waals surface area contributed by atoms with Gasteiger partial charge in [-0.05, 0) is 54.5 Å². The number of halogens is 2. The number of likely N-dealkylation sites (tertiary alicyclic amines) is 1. The zero-order chi connectivity index (χ0) is 20.2. The lowest BCUT2D eigenvalue weighted by molar-refractivity contribution is -0.155. The van der Waals surface area contributed by atoms with Crippen LogP contribution in [0.3, 0.4) is 0 Å². The minimum Gasteiger partial charge on any atom is -0.460 e. The molecule has 0 aromatic heterocycles. The fourth-order valence-corrected chi connectivity index (χ4v) is 2.73. The van der Waals surface area contributed by atoms with Crippen LogP contribution in [0.15, 0.2) is 0 Å². The maximum Gasteiger partial charge on any atom is 0.407 e. The highest BCUT2D eigenvalue weighted by atomic mass is 19.3. The number of carbonyl (C=O) groups is 2. The Hall–Kier alpha value is -1.44. The van der Waals surface area contributed by atoms with E-state index in [2.05, 4.69) is 5.32 Å². The van der Waals surface area contributed by atoms with Gasteiger partial charge in [-0.2, -0.15) is 0 Å². The molecule has 6 nitrogen and oxygen atoms in total. The topological polar surface area (TPSA) is 67.9 Å². The maximum absolute atomic E-state index is 13.6. The zero-order valence-corrected chi connectivity index (χ0v) is 16.7. The second-order valence-electron chi connectivity index (χ2n) is 8.83. The molecule has 0 spiro atoms. The van der Waals surface area contributed by atoms with Gasteiger partial charge in [-0.3, -0.25) is 9.69 Å². The number of carbonyl (C=O) groups excluding carboxylic acids is 2. The van der Waals surface area contributed by atoms with Crippen molar-refractivity contribution in [1.29, 1.82) is 0 Å². The van der Waals surface area contributed by atoms with Crippen molar-refractivity contribution >= 4 is 12.1 Å². The molecule has 0 aromatic carbocycles. The van der Waals surface area contributed by atoms with Gasteiger partial charge in [0.1, 0.15) is 11.2 Å². The second kappa shape index (κ2) is 8.50. The highest BCUT2D eigenvalue weighted by Gasteiger charge is 2.36. The smallest absolute Gasteiger partial charge is 0.407 e. The molecule has 1 atom stereocenters. The molecule has 8 heteroatoms. The predicted octanol–water partition coefficient (Wildman–Crippen LogP) is 3.34. The fourth-order valence-electron chi connectivity index (χ4n) is 2.73. The molecule has 0 aromatic rings. The summed E-state index contributed by atoms with van der Waals surface area (Å²) in [4.78, 5) is 25.7. The molecule has 1 amide bonds. The van der Waals surface area contributed by atoms with Gasteiger partial charge in [-0.15, -0.1) is 0 Å². The van der Waals surface area contributed by atoms with Crippen molar-refractivity contribution < 1.29 is 27.8 Å². The third-order valence-corrected chi connectivity index (χ3v) is 3.50. The number of ether oxygens (including phenoxy) is 2. The first kappa shape index (κ1) is 22.6. The van der Waals surface area contributed by atoms with E-state index in [0.717, 1.165) is 0 Å². The van der Waals surface area contributed by atoms with Crippen molar-refractivity contribution in [3.8, 4) is 0 Å². The van der Waals surface area contributed by atoms with Crippen LogP contribution in [0.4, 0.5) is 13.6 Å². The molecule has 0 saturated carbocycles. The van der Waals surface area contributed by atoms with Crippen LogP contribution in [0.5, 0.6) is 0 Å². The quantitative estimate of drug-likeness (QED) is 0.743. The summed E-state index contributed by atoms with van der Waals surface area (Å²) in [5, 5.41) is 2.62. The number of hydrogen-bond acceptors (Lipinski definition) is 5. The third-order valence-electron chi connectivity index (χ3n) is 3.50. The van der Waals surface area contributed by atoms with Crippen LogP contribution in [0.25, 0.3) is 0 Å². The summed E-state index contributed by atoms with van der Waals surface area (Å²) in [6.07, 6.45) is -0.563. The molecule has 1 heterocycles. The van der Waals surface area contributed by atoms with Crippen molar-refractivity contribution in [2.24, 2.45) is 0 Å². The van der Waals surface area contributed by atoms with Gasteiger partial charge in [0.25, 0.3) is 5.92 Å². The van der Waals surface area contributed by atoms with Crippen molar-refractivity contribution in [2.45, 2.75) is 84.0 Å². The van der Waals surface area contributed by atoms with Crippen molar-refractivity contribution in [3.05, 3.63) is 0 Å². The molecule has 0 aliphatic carbocycles. The van der Waals surface area contributed by atoms with Crippen molar-refractivity contribution in [2.75, 3.05) is 19.6 Å². The molecule has 26 heavy (non-hydrogen) atoms. The maximum atomic E-state index is 13.6. The fraction of sp³-hybridized carbons (Fsp3) is 0.889. The molecule has 0 radical (unpaired) electrons. The van der Waals surface area contributed by atoms with Crippen molar-refractivity contribution in [3.63, 3.8) is 0 Å². The van der Waals surface area contributed by atoms with Gasteiger partial charge < -0.3 is 14.8 Å². The number of rotatable bonds is 5. The molecule has 0 unspecified atom stereocenters. The Morgan fingerprint density at radius 3 is 2.19 bits per heavy atom. The molecule has 1 rings (SSSR count). The molecular weight excluding hydrogens is 346 g/mol. The Balaban J connectivity index is 2.74. The van der Waals surface area contributed by atoms with Crippen LogP contribution >= 0.6 is 0 Å². The molecule has 1 aliphatic rings. The summed E-state index contributed by atoms with van der Waals surface area (Å²) < 4.78 is 37.8. The number of hydrogen-bond donors (Lipinski definition) is 1. The largest absolute Gasteiger partial charge is 0.460 e. The zero-order valence-electron chi connectivity index (χ0n) is 16.7. The molecule has 1 N–H and O–H groups in total. The predicted molar refractivity (Wildman–Crippen MR) is 94.2 cm³/mol. The van der Waals surface area contributed by atoms with Gasteiger partial charge in [0.05, 0.1) is 19.0 Å². The summed E-state index contributed by atoms with van der Waals surface area (Å²) >= 11 is 0. The number of alkyl halides is 2. The SMILES string of the molecule is CC(C)(C)OC(=O)C[C@@H](CN1CCCC(F)(F)C1)NC(=O)OC(C)(C)C. The van der Waals surface area contributed by atoms with Gasteiger partial charge in [0.15, 0.2) is 0 Å². The van der Waals surface area contributed by atoms with Gasteiger partial charge in [-0.1, -0.05) is 0 Å². The Bertz CT molecular complexity index is 468. The van der Waals surface area contributed by atoms with E-state index in [1.165, 1.54) is 0 Å². The van der Waals surface area contributed by atoms with Gasteiger partial charge in [0, 0.05) is 13.0 Å². The summed E-state index contributed by atoms with van der Waals surface area (Å²) in [6, 6.07) is -0.673. The third kappa shape index (κ3) is 9.89. The number of piperidine rings is 1. The van der Waals surface area contributed by atoms with E-state index in [1.54, 1.807) is 46.4 Å². The van der Waals surface area contributed by atoms with Crippen molar-refractivity contribution in [1.82, 2.24) is 10.2 Å². The number of amides is 1. The Morgan fingerprint density at radius 2 is 1.69 bits per heavy atom. The number of alkyl carbamates (subject to hydrolysis) is 1. The Morgan fingerprint density at radius 1 is 1.12 bits per heavy atom. The molecule has 0 bridgehead atoms. The minimum absolute atomic E-state index is 0.113. The molecule has 1 fully saturated rings. The van der Waals surface area contributed by atoms with E-state index in [0.29, 0.717) is 13.0 Å². The van der Waals surface area contributed by atoms with E-state index >= 15 is 0 Å². The van der Waals surface area contributed by atoms with Crippen LogP contribution in [0.1, 0.15) is 60.8 Å². The van der Waals surface area contributed by atoms with Crippen LogP contribution < -0.4 is 5.32 Å². The highest BCUT2D eigenvalue weighted by molar-refractivity contribution is 5.73. The Kier molecular flexibility index (Phi) is 7.39. The van der Waals surface area contributed by atoms with E-state index in [9.17, 15) is 18.4 Å². The van der Waals surface area contributed by atoms with Crippen LogP contribution in [0.2, 0.25) is 0 Å². The average molecular weight is 378 g/mol. The van der Waals surface area contributed by atoms with Crippen LogP contribution in [-0.2, 0) is 14.3 Å². The van der Waals surface area contributed by atoms with Gasteiger partial charge in [0.2, 0.25) is 0 Å². The van der Waals surface area contributed by atoms with Gasteiger partial charge >= 0.3 is 12.1 Å². The van der Waals surface area contributed by atoms with Gasteiger partial charge in [-0.25, -0.2) is 13.6 Å². The number of nitrogens with zero attached hydrogens (tertiary/aromatic N) is 1. The van der Waals surface area contributed by atoms with E-state index in [-0.39, 0.29) is 25.9 Å². The summed E-state index contributed by atoms with van der Waals surface area (Å²) in [5.74, 6) is -3.25. The lowest BCUT2D eigenvalue weighted by Gasteiger charge is -2.35. The number of nitrogens with one attached hydrogen (secondary N) is 1. The molecule has 152 valence electrons. The number of esters is 1. The monoisotopic (exact) mass is 378 g/mol. The Labute approximate surface area is 154 Å². The summed E-state index contributed by atoms with van der Waals surface area (Å²) in [6.45, 7) is 10.6. The minimum atomic E-state index is -2.75. The highest BCUT2D eigenvalue weighted by Crippen LogP contribution is 2.26. The van der Waals surface area contributed by atoms with Crippen LogP contribution in [0, 0.1) is 0 Å². The van der Waals surface area contributed by atoms with E-state index in [1.807, 2.05) is 0 Å². The normalized spacial score (nSPS) is 19.5. The second-order valence-corrected chi connectivity index (χ2v) is 8.83. The molecule has 1 aliphatic heterocycles. The molecular formula is C18H32F2N2O4. The van der Waals surface area contributed by atoms with E-state index in [4.69, 9.17) is 9.47 Å². The average Bonchev–Trinajstić information content (AvgIpc) is 2.31. The lowest BCUT2D eigenvalue weighted by atomic mass is 10.1. The van der Waals surface area contributed by atoms with Crippen LogP contribution in [-0.4, -0.2) is 59.8 Å². The molecule has 1 saturated heterocycles. The summed E-state index contributed by atoms with van der Waals surface area (Å²) in [5.41, 5.74) is -1.36. The standard InChI is InChI=1S/C18H32F2N2O4/c1-16(2,3)25-14(23)10-13(21-15(24)26-17(4,5)6)11-22-9-7-8-18(19,20)12-22/h13H,7-12H2,1-6H3,(H,21,24)/t13-/m0/s1.